The monoisotopic (exact) mass is 294 g/mol. The van der Waals surface area contributed by atoms with E-state index in [2.05, 4.69) is 21.2 Å². The number of benzene rings is 1. The van der Waals surface area contributed by atoms with Gasteiger partial charge in [0.25, 0.3) is 0 Å². The summed E-state index contributed by atoms with van der Waals surface area (Å²) in [5.74, 6) is -1.82. The van der Waals surface area contributed by atoms with Gasteiger partial charge in [-0.15, -0.1) is 0 Å². The molecule has 1 amide bonds. The molecular weight excluding hydrogens is 288 g/mol. The highest BCUT2D eigenvalue weighted by atomic mass is 79.9. The number of anilines is 1. The SMILES string of the molecule is N#Cc1ccc(Br)cc1NC(=O)/C=C/C(=O)O. The Labute approximate surface area is 105 Å². The highest BCUT2D eigenvalue weighted by Gasteiger charge is 2.05. The van der Waals surface area contributed by atoms with Crippen LogP contribution >= 0.6 is 15.9 Å². The molecule has 0 aliphatic heterocycles. The van der Waals surface area contributed by atoms with E-state index >= 15 is 0 Å². The van der Waals surface area contributed by atoms with Crippen LogP contribution in [0.1, 0.15) is 5.56 Å². The van der Waals surface area contributed by atoms with Crippen LogP contribution in [-0.2, 0) is 9.59 Å². The van der Waals surface area contributed by atoms with Gasteiger partial charge in [0, 0.05) is 16.6 Å². The summed E-state index contributed by atoms with van der Waals surface area (Å²) >= 11 is 3.20. The molecule has 0 saturated heterocycles. The van der Waals surface area contributed by atoms with Gasteiger partial charge in [0.15, 0.2) is 0 Å². The number of hydrogen-bond donors (Lipinski definition) is 2. The number of carboxylic acids is 1. The first-order chi connectivity index (χ1) is 8.02. The number of amides is 1. The molecule has 1 aromatic carbocycles. The maximum Gasteiger partial charge on any atom is 0.328 e. The van der Waals surface area contributed by atoms with Crippen molar-refractivity contribution in [3.05, 3.63) is 40.4 Å². The Morgan fingerprint density at radius 1 is 1.41 bits per heavy atom. The molecule has 5 nitrogen and oxygen atoms in total. The second-order valence-electron chi connectivity index (χ2n) is 2.96. The zero-order chi connectivity index (χ0) is 12.8. The summed E-state index contributed by atoms with van der Waals surface area (Å²) in [4.78, 5) is 21.5. The summed E-state index contributed by atoms with van der Waals surface area (Å²) in [6.07, 6.45) is 1.60. The third-order valence-electron chi connectivity index (χ3n) is 1.74. The van der Waals surface area contributed by atoms with Gasteiger partial charge in [-0.3, -0.25) is 4.79 Å². The molecule has 2 N–H and O–H groups in total. The highest BCUT2D eigenvalue weighted by Crippen LogP contribution is 2.20. The molecule has 0 spiro atoms. The van der Waals surface area contributed by atoms with Crippen LogP contribution in [-0.4, -0.2) is 17.0 Å². The first kappa shape index (κ1) is 12.9. The molecule has 0 atom stereocenters. The third-order valence-corrected chi connectivity index (χ3v) is 2.23. The van der Waals surface area contributed by atoms with Gasteiger partial charge in [-0.1, -0.05) is 15.9 Å². The van der Waals surface area contributed by atoms with Crippen molar-refractivity contribution >= 4 is 33.5 Å². The normalized spacial score (nSPS) is 9.88. The Kier molecular flexibility index (Phi) is 4.43. The van der Waals surface area contributed by atoms with Crippen molar-refractivity contribution in [2.75, 3.05) is 5.32 Å². The summed E-state index contributed by atoms with van der Waals surface area (Å²) in [5.41, 5.74) is 0.618. The van der Waals surface area contributed by atoms with Gasteiger partial charge in [0.05, 0.1) is 11.3 Å². The molecule has 86 valence electrons. The van der Waals surface area contributed by atoms with Crippen molar-refractivity contribution in [2.45, 2.75) is 0 Å². The average Bonchev–Trinajstić information content (AvgIpc) is 2.27. The van der Waals surface area contributed by atoms with E-state index in [1.807, 2.05) is 6.07 Å². The van der Waals surface area contributed by atoms with Crippen molar-refractivity contribution in [1.29, 1.82) is 5.26 Å². The zero-order valence-electron chi connectivity index (χ0n) is 8.48. The molecule has 1 rings (SSSR count). The lowest BCUT2D eigenvalue weighted by Gasteiger charge is -2.04. The second kappa shape index (κ2) is 5.82. The molecule has 17 heavy (non-hydrogen) atoms. The number of carbonyl (C=O) groups is 2. The van der Waals surface area contributed by atoms with Gasteiger partial charge in [-0.05, 0) is 18.2 Å². The van der Waals surface area contributed by atoms with Gasteiger partial charge >= 0.3 is 5.97 Å². The number of halogens is 1. The first-order valence-electron chi connectivity index (χ1n) is 4.44. The van der Waals surface area contributed by atoms with Crippen LogP contribution in [0.25, 0.3) is 0 Å². The van der Waals surface area contributed by atoms with E-state index in [1.54, 1.807) is 18.2 Å². The maximum atomic E-state index is 11.3. The van der Waals surface area contributed by atoms with Crippen LogP contribution in [0.3, 0.4) is 0 Å². The van der Waals surface area contributed by atoms with Crippen LogP contribution in [0.5, 0.6) is 0 Å². The number of carbonyl (C=O) groups excluding carboxylic acids is 1. The standard InChI is InChI=1S/C11H7BrN2O3/c12-8-2-1-7(6-13)9(5-8)14-10(15)3-4-11(16)17/h1-5H,(H,14,15)(H,16,17)/b4-3+. The maximum absolute atomic E-state index is 11.3. The van der Waals surface area contributed by atoms with E-state index in [-0.39, 0.29) is 0 Å². The van der Waals surface area contributed by atoms with E-state index in [0.29, 0.717) is 15.7 Å². The van der Waals surface area contributed by atoms with Gasteiger partial charge in [-0.2, -0.15) is 5.26 Å². The Morgan fingerprint density at radius 3 is 2.71 bits per heavy atom. The number of hydrogen-bond acceptors (Lipinski definition) is 3. The van der Waals surface area contributed by atoms with Crippen LogP contribution in [0, 0.1) is 11.3 Å². The van der Waals surface area contributed by atoms with E-state index in [0.717, 1.165) is 12.2 Å². The molecule has 0 radical (unpaired) electrons. The lowest BCUT2D eigenvalue weighted by Crippen LogP contribution is -2.09. The Bertz CT molecular complexity index is 532. The van der Waals surface area contributed by atoms with Gasteiger partial charge in [-0.25, -0.2) is 4.79 Å². The Balaban J connectivity index is 2.88. The largest absolute Gasteiger partial charge is 0.478 e. The van der Waals surface area contributed by atoms with E-state index in [4.69, 9.17) is 10.4 Å². The number of nitrogens with zero attached hydrogens (tertiary/aromatic N) is 1. The molecule has 1 aromatic rings. The van der Waals surface area contributed by atoms with Crippen LogP contribution in [0.15, 0.2) is 34.8 Å². The minimum absolute atomic E-state index is 0.297. The molecular formula is C11H7BrN2O3. The fourth-order valence-corrected chi connectivity index (χ4v) is 1.40. The molecule has 0 aromatic heterocycles. The minimum atomic E-state index is -1.21. The number of nitrogens with one attached hydrogen (secondary N) is 1. The molecule has 0 heterocycles. The number of aliphatic carboxylic acids is 1. The molecule has 0 unspecified atom stereocenters. The summed E-state index contributed by atoms with van der Waals surface area (Å²) < 4.78 is 0.703. The fourth-order valence-electron chi connectivity index (χ4n) is 1.04. The number of rotatable bonds is 3. The van der Waals surface area contributed by atoms with Crippen LogP contribution in [0.4, 0.5) is 5.69 Å². The van der Waals surface area contributed by atoms with Crippen molar-refractivity contribution in [3.8, 4) is 6.07 Å². The Hall–Kier alpha value is -2.13. The smallest absolute Gasteiger partial charge is 0.328 e. The molecule has 0 saturated carbocycles. The summed E-state index contributed by atoms with van der Waals surface area (Å²) in [6.45, 7) is 0. The molecule has 0 bridgehead atoms. The fraction of sp³-hybridized carbons (Fsp3) is 0. The predicted octanol–water partition coefficient (Wildman–Crippen LogP) is 1.90. The minimum Gasteiger partial charge on any atom is -0.478 e. The summed E-state index contributed by atoms with van der Waals surface area (Å²) in [7, 11) is 0. The van der Waals surface area contributed by atoms with Crippen molar-refractivity contribution in [3.63, 3.8) is 0 Å². The van der Waals surface area contributed by atoms with Gasteiger partial charge in [0.2, 0.25) is 5.91 Å². The lowest BCUT2D eigenvalue weighted by atomic mass is 10.2. The van der Waals surface area contributed by atoms with Gasteiger partial charge < -0.3 is 10.4 Å². The topological polar surface area (TPSA) is 90.2 Å². The van der Waals surface area contributed by atoms with Crippen LogP contribution < -0.4 is 5.32 Å². The van der Waals surface area contributed by atoms with E-state index < -0.39 is 11.9 Å². The predicted molar refractivity (Wildman–Crippen MR) is 64.3 cm³/mol. The van der Waals surface area contributed by atoms with Gasteiger partial charge in [0.1, 0.15) is 6.07 Å². The third kappa shape index (κ3) is 4.09. The van der Waals surface area contributed by atoms with Crippen LogP contribution in [0.2, 0.25) is 0 Å². The second-order valence-corrected chi connectivity index (χ2v) is 3.88. The van der Waals surface area contributed by atoms with E-state index in [1.165, 1.54) is 0 Å². The first-order valence-corrected chi connectivity index (χ1v) is 5.24. The highest BCUT2D eigenvalue weighted by molar-refractivity contribution is 9.10. The molecule has 0 aliphatic rings. The quantitative estimate of drug-likeness (QED) is 0.833. The summed E-state index contributed by atoms with van der Waals surface area (Å²) in [6, 6.07) is 6.69. The molecule has 6 heteroatoms. The number of nitriles is 1. The van der Waals surface area contributed by atoms with Crippen molar-refractivity contribution < 1.29 is 14.7 Å². The molecule has 0 aliphatic carbocycles. The lowest BCUT2D eigenvalue weighted by molar-refractivity contribution is -0.131. The van der Waals surface area contributed by atoms with Crippen molar-refractivity contribution in [2.24, 2.45) is 0 Å². The molecule has 0 fully saturated rings. The number of carboxylic acid groups (broad SMARTS) is 1. The average molecular weight is 295 g/mol. The summed E-state index contributed by atoms with van der Waals surface area (Å²) in [5, 5.41) is 19.6. The van der Waals surface area contributed by atoms with E-state index in [9.17, 15) is 9.59 Å². The van der Waals surface area contributed by atoms with Crippen molar-refractivity contribution in [1.82, 2.24) is 0 Å². The zero-order valence-corrected chi connectivity index (χ0v) is 10.1. The Morgan fingerprint density at radius 2 is 2.12 bits per heavy atom.